The number of carbonyl (C=O) groups excluding carboxylic acids is 1. The number of para-hydroxylation sites is 2. The van der Waals surface area contributed by atoms with Crippen LogP contribution in [0.25, 0.3) is 11.1 Å². The number of fused-ring (bicyclic) bond motifs is 1. The first-order valence-electron chi connectivity index (χ1n) is 9.74. The topological polar surface area (TPSA) is 60.8 Å². The fourth-order valence-corrected chi connectivity index (χ4v) is 4.13. The molecule has 4 aromatic rings. The minimum absolute atomic E-state index is 0.0868. The van der Waals surface area contributed by atoms with Gasteiger partial charge in [0.2, 0.25) is 0 Å². The molecule has 0 aromatic heterocycles. The summed E-state index contributed by atoms with van der Waals surface area (Å²) in [5, 5.41) is 20.8. The first-order chi connectivity index (χ1) is 14.6. The lowest BCUT2D eigenvalue weighted by Crippen LogP contribution is -2.28. The van der Waals surface area contributed by atoms with Gasteiger partial charge in [-0.05, 0) is 41.5 Å². The molecule has 0 radical (unpaired) electrons. The van der Waals surface area contributed by atoms with Crippen molar-refractivity contribution in [3.8, 4) is 22.6 Å². The van der Waals surface area contributed by atoms with Crippen molar-refractivity contribution in [2.75, 3.05) is 4.90 Å². The van der Waals surface area contributed by atoms with Gasteiger partial charge in [-0.1, -0.05) is 66.7 Å². The van der Waals surface area contributed by atoms with E-state index in [2.05, 4.69) is 0 Å². The number of hydrogen-bond donors (Lipinski definition) is 2. The molecule has 1 heterocycles. The van der Waals surface area contributed by atoms with Gasteiger partial charge in [0.05, 0.1) is 6.04 Å². The Morgan fingerprint density at radius 1 is 0.633 bits per heavy atom. The summed E-state index contributed by atoms with van der Waals surface area (Å²) in [7, 11) is 0. The number of aromatic hydroxyl groups is 2. The normalized spacial score (nSPS) is 15.3. The van der Waals surface area contributed by atoms with Crippen LogP contribution in [0.2, 0.25) is 0 Å². The van der Waals surface area contributed by atoms with Crippen LogP contribution in [-0.4, -0.2) is 16.1 Å². The first-order valence-corrected chi connectivity index (χ1v) is 9.74. The van der Waals surface area contributed by atoms with Crippen molar-refractivity contribution in [1.29, 1.82) is 0 Å². The zero-order valence-electron chi connectivity index (χ0n) is 16.1. The molecule has 4 nitrogen and oxygen atoms in total. The molecule has 0 bridgehead atoms. The van der Waals surface area contributed by atoms with Crippen molar-refractivity contribution >= 4 is 11.6 Å². The zero-order valence-corrected chi connectivity index (χ0v) is 16.1. The van der Waals surface area contributed by atoms with Gasteiger partial charge in [0.25, 0.3) is 5.91 Å². The molecule has 0 saturated heterocycles. The van der Waals surface area contributed by atoms with Crippen molar-refractivity contribution < 1.29 is 15.0 Å². The van der Waals surface area contributed by atoms with Crippen molar-refractivity contribution in [3.63, 3.8) is 0 Å². The molecular weight excluding hydrogens is 374 g/mol. The van der Waals surface area contributed by atoms with Gasteiger partial charge < -0.3 is 10.2 Å². The molecule has 0 spiro atoms. The number of hydrogen-bond acceptors (Lipinski definition) is 3. The number of rotatable bonds is 3. The first kappa shape index (κ1) is 18.0. The van der Waals surface area contributed by atoms with E-state index in [-0.39, 0.29) is 17.4 Å². The van der Waals surface area contributed by atoms with Gasteiger partial charge in [0.15, 0.2) is 0 Å². The van der Waals surface area contributed by atoms with Crippen molar-refractivity contribution in [2.45, 2.75) is 6.04 Å². The molecule has 0 fully saturated rings. The van der Waals surface area contributed by atoms with Gasteiger partial charge in [-0.25, -0.2) is 0 Å². The van der Waals surface area contributed by atoms with Crippen LogP contribution in [0.1, 0.15) is 27.5 Å². The summed E-state index contributed by atoms with van der Waals surface area (Å²) in [5.74, 6) is 0.204. The van der Waals surface area contributed by atoms with Gasteiger partial charge >= 0.3 is 0 Å². The number of carbonyl (C=O) groups is 1. The fraction of sp³-hybridized carbons (Fsp3) is 0.0385. The molecule has 5 rings (SSSR count). The summed E-state index contributed by atoms with van der Waals surface area (Å²) in [4.78, 5) is 15.0. The highest BCUT2D eigenvalue weighted by atomic mass is 16.3. The minimum atomic E-state index is -0.437. The van der Waals surface area contributed by atoms with Crippen LogP contribution < -0.4 is 4.90 Å². The summed E-state index contributed by atoms with van der Waals surface area (Å²) in [5.41, 5.74) is 4.37. The number of nitrogens with zero attached hydrogens (tertiary/aromatic N) is 1. The second kappa shape index (κ2) is 7.08. The van der Waals surface area contributed by atoms with Crippen LogP contribution in [0.3, 0.4) is 0 Å². The number of anilines is 1. The van der Waals surface area contributed by atoms with Crippen LogP contribution >= 0.6 is 0 Å². The fourth-order valence-electron chi connectivity index (χ4n) is 4.13. The van der Waals surface area contributed by atoms with E-state index >= 15 is 0 Å². The third-order valence-corrected chi connectivity index (χ3v) is 5.54. The van der Waals surface area contributed by atoms with Crippen LogP contribution in [-0.2, 0) is 0 Å². The average molecular weight is 393 g/mol. The molecule has 1 unspecified atom stereocenters. The molecule has 0 saturated carbocycles. The predicted octanol–water partition coefficient (Wildman–Crippen LogP) is 5.51. The molecule has 0 aliphatic carbocycles. The number of amides is 1. The van der Waals surface area contributed by atoms with Crippen molar-refractivity contribution in [1.82, 2.24) is 0 Å². The highest BCUT2D eigenvalue weighted by molar-refractivity contribution is 6.11. The molecule has 1 amide bonds. The van der Waals surface area contributed by atoms with E-state index in [1.165, 1.54) is 0 Å². The summed E-state index contributed by atoms with van der Waals surface area (Å²) in [6.45, 7) is 0. The lowest BCUT2D eigenvalue weighted by atomic mass is 9.93. The van der Waals surface area contributed by atoms with E-state index in [1.807, 2.05) is 72.8 Å². The Morgan fingerprint density at radius 3 is 2.03 bits per heavy atom. The Balaban J connectivity index is 1.70. The van der Waals surface area contributed by atoms with Gasteiger partial charge in [0.1, 0.15) is 11.5 Å². The maximum atomic E-state index is 13.3. The quantitative estimate of drug-likeness (QED) is 0.482. The maximum Gasteiger partial charge on any atom is 0.259 e. The largest absolute Gasteiger partial charge is 0.508 e. The molecule has 1 aliphatic heterocycles. The Hall–Kier alpha value is -4.05. The van der Waals surface area contributed by atoms with E-state index in [0.29, 0.717) is 16.7 Å². The Kier molecular flexibility index (Phi) is 4.25. The van der Waals surface area contributed by atoms with Crippen LogP contribution in [0.15, 0.2) is 97.1 Å². The third-order valence-electron chi connectivity index (χ3n) is 5.54. The Bertz CT molecular complexity index is 1230. The smallest absolute Gasteiger partial charge is 0.259 e. The van der Waals surface area contributed by atoms with E-state index in [4.69, 9.17) is 0 Å². The molecule has 4 aromatic carbocycles. The van der Waals surface area contributed by atoms with Crippen LogP contribution in [0, 0.1) is 0 Å². The zero-order chi connectivity index (χ0) is 20.7. The highest BCUT2D eigenvalue weighted by Crippen LogP contribution is 2.46. The molecule has 146 valence electrons. The highest BCUT2D eigenvalue weighted by Gasteiger charge is 2.39. The van der Waals surface area contributed by atoms with Crippen molar-refractivity contribution in [2.24, 2.45) is 0 Å². The Morgan fingerprint density at radius 2 is 1.27 bits per heavy atom. The molecule has 1 aliphatic rings. The molecule has 30 heavy (non-hydrogen) atoms. The second-order valence-electron chi connectivity index (χ2n) is 7.29. The van der Waals surface area contributed by atoms with Gasteiger partial charge in [-0.2, -0.15) is 0 Å². The Labute approximate surface area is 174 Å². The lowest BCUT2D eigenvalue weighted by molar-refractivity contribution is 0.0993. The van der Waals surface area contributed by atoms with E-state index < -0.39 is 6.04 Å². The maximum absolute atomic E-state index is 13.3. The van der Waals surface area contributed by atoms with Crippen LogP contribution in [0.5, 0.6) is 11.5 Å². The van der Waals surface area contributed by atoms with E-state index in [9.17, 15) is 15.0 Å². The molecule has 1 atom stereocenters. The third kappa shape index (κ3) is 2.81. The van der Waals surface area contributed by atoms with E-state index in [0.717, 1.165) is 16.8 Å². The van der Waals surface area contributed by atoms with Gasteiger partial charge in [-0.3, -0.25) is 9.69 Å². The SMILES string of the molecule is O=C1c2ccccc2C(c2cccc(-c3ccc(O)cc3)c2O)N1c1ccccc1. The van der Waals surface area contributed by atoms with Crippen LogP contribution in [0.4, 0.5) is 5.69 Å². The standard InChI is InChI=1S/C26H19NO3/c28-19-15-13-17(14-16-19)20-11-6-12-23(25(20)29)24-21-9-4-5-10-22(21)26(30)27(24)18-7-2-1-3-8-18/h1-16,24,28-29H. The monoisotopic (exact) mass is 393 g/mol. The molecular formula is C26H19NO3. The number of phenolic OH excluding ortho intramolecular Hbond substituents is 2. The summed E-state index contributed by atoms with van der Waals surface area (Å²) >= 11 is 0. The molecule has 4 heteroatoms. The average Bonchev–Trinajstić information content (AvgIpc) is 3.08. The number of benzene rings is 4. The predicted molar refractivity (Wildman–Crippen MR) is 117 cm³/mol. The second-order valence-corrected chi connectivity index (χ2v) is 7.29. The van der Waals surface area contributed by atoms with E-state index in [1.54, 1.807) is 29.2 Å². The lowest BCUT2D eigenvalue weighted by Gasteiger charge is -2.27. The summed E-state index contributed by atoms with van der Waals surface area (Å²) < 4.78 is 0. The number of phenols is 2. The van der Waals surface area contributed by atoms with Gasteiger partial charge in [0, 0.05) is 22.4 Å². The van der Waals surface area contributed by atoms with Crippen molar-refractivity contribution in [3.05, 3.63) is 114 Å². The summed E-state index contributed by atoms with van der Waals surface area (Å²) in [6, 6.07) is 28.9. The molecule has 2 N–H and O–H groups in total. The van der Waals surface area contributed by atoms with Gasteiger partial charge in [-0.15, -0.1) is 0 Å². The summed E-state index contributed by atoms with van der Waals surface area (Å²) in [6.07, 6.45) is 0. The minimum Gasteiger partial charge on any atom is -0.508 e.